The Morgan fingerprint density at radius 1 is 1.35 bits per heavy atom. The van der Waals surface area contributed by atoms with Crippen molar-refractivity contribution in [3.05, 3.63) is 28.2 Å². The SMILES string of the molecule is CCNCC(C)C(=O)Nc1cc(Br)cc(C(F)(F)F)c1. The lowest BCUT2D eigenvalue weighted by Crippen LogP contribution is -2.30. The molecule has 0 aliphatic heterocycles. The summed E-state index contributed by atoms with van der Waals surface area (Å²) in [7, 11) is 0. The van der Waals surface area contributed by atoms with Crippen LogP contribution < -0.4 is 10.6 Å². The third-order valence-corrected chi connectivity index (χ3v) is 3.10. The molecule has 0 fully saturated rings. The maximum absolute atomic E-state index is 12.7. The first kappa shape index (κ1) is 17.0. The minimum Gasteiger partial charge on any atom is -0.326 e. The first-order valence-corrected chi connectivity index (χ1v) is 6.92. The molecule has 0 radical (unpaired) electrons. The smallest absolute Gasteiger partial charge is 0.326 e. The Hall–Kier alpha value is -1.08. The quantitative estimate of drug-likeness (QED) is 0.849. The molecule has 0 aliphatic carbocycles. The van der Waals surface area contributed by atoms with Crippen molar-refractivity contribution >= 4 is 27.5 Å². The minimum absolute atomic E-state index is 0.125. The number of rotatable bonds is 5. The molecule has 1 aromatic carbocycles. The molecule has 0 bridgehead atoms. The largest absolute Gasteiger partial charge is 0.416 e. The number of carbonyl (C=O) groups excluding carboxylic acids is 1. The molecule has 1 rings (SSSR count). The molecule has 1 unspecified atom stereocenters. The van der Waals surface area contributed by atoms with Crippen LogP contribution in [0.1, 0.15) is 19.4 Å². The molecule has 0 spiro atoms. The van der Waals surface area contributed by atoms with E-state index in [1.54, 1.807) is 6.92 Å². The van der Waals surface area contributed by atoms with Crippen molar-refractivity contribution < 1.29 is 18.0 Å². The molecule has 0 aromatic heterocycles. The van der Waals surface area contributed by atoms with Gasteiger partial charge in [-0.05, 0) is 24.7 Å². The molecule has 0 saturated heterocycles. The van der Waals surface area contributed by atoms with Gasteiger partial charge < -0.3 is 10.6 Å². The second-order valence-electron chi connectivity index (χ2n) is 4.42. The van der Waals surface area contributed by atoms with Crippen LogP contribution in [0.15, 0.2) is 22.7 Å². The van der Waals surface area contributed by atoms with Crippen LogP contribution in [-0.4, -0.2) is 19.0 Å². The van der Waals surface area contributed by atoms with Crippen LogP contribution in [0.25, 0.3) is 0 Å². The van der Waals surface area contributed by atoms with Gasteiger partial charge in [-0.15, -0.1) is 0 Å². The number of benzene rings is 1. The lowest BCUT2D eigenvalue weighted by atomic mass is 10.1. The fraction of sp³-hybridized carbons (Fsp3) is 0.462. The number of halogens is 4. The van der Waals surface area contributed by atoms with Crippen LogP contribution in [0.3, 0.4) is 0 Å². The monoisotopic (exact) mass is 352 g/mol. The predicted molar refractivity (Wildman–Crippen MR) is 75.5 cm³/mol. The molecule has 7 heteroatoms. The average Bonchev–Trinajstić information content (AvgIpc) is 2.34. The molecular formula is C13H16BrF3N2O. The van der Waals surface area contributed by atoms with E-state index in [4.69, 9.17) is 0 Å². The summed E-state index contributed by atoms with van der Waals surface area (Å²) >= 11 is 3.01. The third kappa shape index (κ3) is 5.13. The lowest BCUT2D eigenvalue weighted by molar-refractivity contribution is -0.137. The zero-order chi connectivity index (χ0) is 15.3. The lowest BCUT2D eigenvalue weighted by Gasteiger charge is -2.14. The number of hydrogen-bond acceptors (Lipinski definition) is 2. The molecular weight excluding hydrogens is 337 g/mol. The minimum atomic E-state index is -4.45. The zero-order valence-electron chi connectivity index (χ0n) is 11.1. The van der Waals surface area contributed by atoms with Crippen molar-refractivity contribution in [1.82, 2.24) is 5.32 Å². The molecule has 1 amide bonds. The summed E-state index contributed by atoms with van der Waals surface area (Å²) in [5, 5.41) is 5.51. The fourth-order valence-corrected chi connectivity index (χ4v) is 2.04. The van der Waals surface area contributed by atoms with Gasteiger partial charge in [0, 0.05) is 22.6 Å². The summed E-state index contributed by atoms with van der Waals surface area (Å²) in [6.45, 7) is 4.82. The van der Waals surface area contributed by atoms with E-state index in [0.717, 1.165) is 18.7 Å². The number of carbonyl (C=O) groups is 1. The van der Waals surface area contributed by atoms with Gasteiger partial charge in [0.15, 0.2) is 0 Å². The fourth-order valence-electron chi connectivity index (χ4n) is 1.54. The molecule has 0 aliphatic rings. The van der Waals surface area contributed by atoms with E-state index in [1.807, 2.05) is 6.92 Å². The summed E-state index contributed by atoms with van der Waals surface area (Å²) in [4.78, 5) is 11.8. The zero-order valence-corrected chi connectivity index (χ0v) is 12.7. The van der Waals surface area contributed by atoms with Crippen LogP contribution in [0.5, 0.6) is 0 Å². The molecule has 112 valence electrons. The van der Waals surface area contributed by atoms with Gasteiger partial charge in [-0.3, -0.25) is 4.79 Å². The second-order valence-corrected chi connectivity index (χ2v) is 5.34. The molecule has 2 N–H and O–H groups in total. The maximum Gasteiger partial charge on any atom is 0.416 e. The van der Waals surface area contributed by atoms with Crippen LogP contribution in [-0.2, 0) is 11.0 Å². The van der Waals surface area contributed by atoms with Gasteiger partial charge in [-0.1, -0.05) is 29.8 Å². The normalized spacial score (nSPS) is 13.1. The summed E-state index contributed by atoms with van der Waals surface area (Å²) in [5.74, 6) is -0.652. The van der Waals surface area contributed by atoms with Gasteiger partial charge in [0.25, 0.3) is 0 Å². The van der Waals surface area contributed by atoms with E-state index in [0.29, 0.717) is 6.54 Å². The number of nitrogens with one attached hydrogen (secondary N) is 2. The van der Waals surface area contributed by atoms with E-state index >= 15 is 0 Å². The summed E-state index contributed by atoms with van der Waals surface area (Å²) in [5.41, 5.74) is -0.679. The Bertz CT molecular complexity index is 477. The van der Waals surface area contributed by atoms with Crippen molar-refractivity contribution in [2.24, 2.45) is 5.92 Å². The van der Waals surface area contributed by atoms with Crippen LogP contribution in [0, 0.1) is 5.92 Å². The number of alkyl halides is 3. The molecule has 3 nitrogen and oxygen atoms in total. The Labute approximate surface area is 124 Å². The highest BCUT2D eigenvalue weighted by Crippen LogP contribution is 2.33. The van der Waals surface area contributed by atoms with Crippen molar-refractivity contribution in [2.45, 2.75) is 20.0 Å². The summed E-state index contributed by atoms with van der Waals surface area (Å²) in [6, 6.07) is 3.33. The van der Waals surface area contributed by atoms with Gasteiger partial charge in [0.1, 0.15) is 0 Å². The average molecular weight is 353 g/mol. The highest BCUT2D eigenvalue weighted by atomic mass is 79.9. The van der Waals surface area contributed by atoms with E-state index in [9.17, 15) is 18.0 Å². The predicted octanol–water partition coefficient (Wildman–Crippen LogP) is 3.65. The van der Waals surface area contributed by atoms with Crippen LogP contribution in [0.4, 0.5) is 18.9 Å². The van der Waals surface area contributed by atoms with E-state index < -0.39 is 11.7 Å². The van der Waals surface area contributed by atoms with Gasteiger partial charge in [-0.25, -0.2) is 0 Å². The number of amides is 1. The topological polar surface area (TPSA) is 41.1 Å². The Morgan fingerprint density at radius 2 is 2.00 bits per heavy atom. The van der Waals surface area contributed by atoms with Crippen molar-refractivity contribution in [1.29, 1.82) is 0 Å². The number of hydrogen-bond donors (Lipinski definition) is 2. The van der Waals surface area contributed by atoms with Crippen molar-refractivity contribution in [3.63, 3.8) is 0 Å². The summed E-state index contributed by atoms with van der Waals surface area (Å²) in [6.07, 6.45) is -4.45. The standard InChI is InChI=1S/C13H16BrF3N2O/c1-3-18-7-8(2)12(20)19-11-5-9(13(15,16)17)4-10(14)6-11/h4-6,8,18H,3,7H2,1-2H3,(H,19,20). The van der Waals surface area contributed by atoms with E-state index in [-0.39, 0.29) is 22.0 Å². The van der Waals surface area contributed by atoms with Crippen LogP contribution >= 0.6 is 15.9 Å². The Morgan fingerprint density at radius 3 is 2.55 bits per heavy atom. The summed E-state index contributed by atoms with van der Waals surface area (Å²) < 4.78 is 38.3. The Kier molecular flexibility index (Phi) is 6.01. The van der Waals surface area contributed by atoms with Gasteiger partial charge in [0.2, 0.25) is 5.91 Å². The molecule has 0 heterocycles. The van der Waals surface area contributed by atoms with Crippen LogP contribution in [0.2, 0.25) is 0 Å². The van der Waals surface area contributed by atoms with Gasteiger partial charge in [-0.2, -0.15) is 13.2 Å². The second kappa shape index (κ2) is 7.08. The highest BCUT2D eigenvalue weighted by Gasteiger charge is 2.31. The van der Waals surface area contributed by atoms with Crippen molar-refractivity contribution in [2.75, 3.05) is 18.4 Å². The molecule has 0 saturated carbocycles. The Balaban J connectivity index is 2.82. The highest BCUT2D eigenvalue weighted by molar-refractivity contribution is 9.10. The first-order chi connectivity index (χ1) is 9.24. The van der Waals surface area contributed by atoms with Gasteiger partial charge >= 0.3 is 6.18 Å². The third-order valence-electron chi connectivity index (χ3n) is 2.64. The molecule has 1 aromatic rings. The van der Waals surface area contributed by atoms with Gasteiger partial charge in [0.05, 0.1) is 5.56 Å². The van der Waals surface area contributed by atoms with E-state index in [1.165, 1.54) is 6.07 Å². The maximum atomic E-state index is 12.7. The van der Waals surface area contributed by atoms with Crippen molar-refractivity contribution in [3.8, 4) is 0 Å². The number of anilines is 1. The first-order valence-electron chi connectivity index (χ1n) is 6.13. The molecule has 1 atom stereocenters. The van der Waals surface area contributed by atoms with E-state index in [2.05, 4.69) is 26.6 Å². The molecule has 20 heavy (non-hydrogen) atoms.